The van der Waals surface area contributed by atoms with Crippen molar-refractivity contribution in [2.75, 3.05) is 7.11 Å². The fourth-order valence-corrected chi connectivity index (χ4v) is 1.59. The molecule has 0 unspecified atom stereocenters. The summed E-state index contributed by atoms with van der Waals surface area (Å²) in [4.78, 5) is 14.3. The van der Waals surface area contributed by atoms with Crippen LogP contribution in [0.5, 0.6) is 5.88 Å². The van der Waals surface area contributed by atoms with E-state index in [0.29, 0.717) is 12.3 Å². The average Bonchev–Trinajstić information content (AvgIpc) is 2.19. The molecular weight excluding hydrogens is 246 g/mol. The van der Waals surface area contributed by atoms with Crippen molar-refractivity contribution >= 4 is 22.2 Å². The predicted molar refractivity (Wildman–Crippen MR) is 57.5 cm³/mol. The summed E-state index contributed by atoms with van der Waals surface area (Å²) in [6.07, 6.45) is 4.85. The van der Waals surface area contributed by atoms with Crippen LogP contribution in [0.4, 0.5) is 0 Å². The van der Waals surface area contributed by atoms with E-state index in [-0.39, 0.29) is 0 Å². The number of pyridine rings is 1. The molecule has 0 spiro atoms. The maximum atomic E-state index is 10.2. The summed E-state index contributed by atoms with van der Waals surface area (Å²) in [6.45, 7) is 0. The second kappa shape index (κ2) is 5.75. The van der Waals surface area contributed by atoms with Crippen LogP contribution in [-0.4, -0.2) is 18.4 Å². The summed E-state index contributed by atoms with van der Waals surface area (Å²) >= 11 is 3.35. The molecule has 0 fully saturated rings. The molecule has 3 nitrogen and oxygen atoms in total. The molecule has 0 saturated carbocycles. The molecule has 0 saturated heterocycles. The van der Waals surface area contributed by atoms with E-state index in [2.05, 4.69) is 20.9 Å². The molecule has 0 radical (unpaired) electrons. The van der Waals surface area contributed by atoms with Crippen molar-refractivity contribution in [2.24, 2.45) is 0 Å². The van der Waals surface area contributed by atoms with Crippen molar-refractivity contribution < 1.29 is 9.53 Å². The Kier molecular flexibility index (Phi) is 4.59. The molecule has 0 N–H and O–H groups in total. The van der Waals surface area contributed by atoms with Crippen LogP contribution < -0.4 is 4.74 Å². The largest absolute Gasteiger partial charge is 0.481 e. The number of aromatic nitrogens is 1. The average molecular weight is 258 g/mol. The molecule has 0 atom stereocenters. The molecule has 4 heteroatoms. The van der Waals surface area contributed by atoms with Crippen LogP contribution in [0.1, 0.15) is 18.4 Å². The van der Waals surface area contributed by atoms with Crippen molar-refractivity contribution in [3.8, 4) is 5.88 Å². The SMILES string of the molecule is COc1ncc(Br)cc1CCCC=O. The number of carbonyl (C=O) groups is 1. The summed E-state index contributed by atoms with van der Waals surface area (Å²) in [5.41, 5.74) is 1.03. The van der Waals surface area contributed by atoms with Gasteiger partial charge >= 0.3 is 0 Å². The third-order valence-electron chi connectivity index (χ3n) is 1.85. The number of aryl methyl sites for hydroxylation is 1. The molecule has 1 heterocycles. The Morgan fingerprint density at radius 2 is 2.43 bits per heavy atom. The van der Waals surface area contributed by atoms with Crippen LogP contribution in [-0.2, 0) is 11.2 Å². The Morgan fingerprint density at radius 3 is 3.07 bits per heavy atom. The van der Waals surface area contributed by atoms with Gasteiger partial charge in [0, 0.05) is 22.7 Å². The van der Waals surface area contributed by atoms with E-state index in [1.165, 1.54) is 0 Å². The van der Waals surface area contributed by atoms with Crippen LogP contribution in [0.3, 0.4) is 0 Å². The summed E-state index contributed by atoms with van der Waals surface area (Å²) in [7, 11) is 1.60. The Labute approximate surface area is 91.6 Å². The predicted octanol–water partition coefficient (Wildman–Crippen LogP) is 2.37. The normalized spacial score (nSPS) is 9.86. The first-order valence-corrected chi connectivity index (χ1v) is 5.19. The maximum Gasteiger partial charge on any atom is 0.216 e. The molecule has 1 rings (SSSR count). The molecule has 1 aromatic rings. The second-order valence-corrected chi connectivity index (χ2v) is 3.80. The molecule has 0 aliphatic rings. The lowest BCUT2D eigenvalue weighted by Gasteiger charge is -2.06. The summed E-state index contributed by atoms with van der Waals surface area (Å²) < 4.78 is 6.04. The topological polar surface area (TPSA) is 39.2 Å². The summed E-state index contributed by atoms with van der Waals surface area (Å²) in [5, 5.41) is 0. The number of aldehydes is 1. The van der Waals surface area contributed by atoms with Gasteiger partial charge in [0.05, 0.1) is 7.11 Å². The Morgan fingerprint density at radius 1 is 1.64 bits per heavy atom. The third-order valence-corrected chi connectivity index (χ3v) is 2.29. The maximum absolute atomic E-state index is 10.2. The standard InChI is InChI=1S/C10H12BrNO2/c1-14-10-8(4-2-3-5-13)6-9(11)7-12-10/h5-7H,2-4H2,1H3. The van der Waals surface area contributed by atoms with Gasteiger partial charge in [0.2, 0.25) is 5.88 Å². The minimum Gasteiger partial charge on any atom is -0.481 e. The van der Waals surface area contributed by atoms with Crippen molar-refractivity contribution in [1.29, 1.82) is 0 Å². The molecule has 0 aromatic carbocycles. The fourth-order valence-electron chi connectivity index (χ4n) is 1.21. The highest BCUT2D eigenvalue weighted by atomic mass is 79.9. The quantitative estimate of drug-likeness (QED) is 0.601. The van der Waals surface area contributed by atoms with Gasteiger partial charge in [-0.05, 0) is 34.8 Å². The van der Waals surface area contributed by atoms with Crippen molar-refractivity contribution in [3.63, 3.8) is 0 Å². The van der Waals surface area contributed by atoms with E-state index >= 15 is 0 Å². The molecule has 14 heavy (non-hydrogen) atoms. The monoisotopic (exact) mass is 257 g/mol. The Bertz CT molecular complexity index is 315. The number of methoxy groups -OCH3 is 1. The molecular formula is C10H12BrNO2. The fraction of sp³-hybridized carbons (Fsp3) is 0.400. The van der Waals surface area contributed by atoms with Gasteiger partial charge in [0.25, 0.3) is 0 Å². The number of nitrogens with zero attached hydrogens (tertiary/aromatic N) is 1. The lowest BCUT2D eigenvalue weighted by Crippen LogP contribution is -1.95. The second-order valence-electron chi connectivity index (χ2n) is 2.88. The first-order chi connectivity index (χ1) is 6.77. The van der Waals surface area contributed by atoms with Gasteiger partial charge in [-0.15, -0.1) is 0 Å². The highest BCUT2D eigenvalue weighted by Crippen LogP contribution is 2.21. The van der Waals surface area contributed by atoms with E-state index in [4.69, 9.17) is 4.74 Å². The van der Waals surface area contributed by atoms with Crippen LogP contribution in [0.25, 0.3) is 0 Å². The minimum atomic E-state index is 0.579. The Hall–Kier alpha value is -0.900. The Balaban J connectivity index is 2.71. The number of halogens is 1. The van der Waals surface area contributed by atoms with E-state index < -0.39 is 0 Å². The van der Waals surface area contributed by atoms with E-state index in [1.807, 2.05) is 6.07 Å². The van der Waals surface area contributed by atoms with Gasteiger partial charge < -0.3 is 9.53 Å². The number of hydrogen-bond donors (Lipinski definition) is 0. The van der Waals surface area contributed by atoms with Crippen LogP contribution in [0, 0.1) is 0 Å². The smallest absolute Gasteiger partial charge is 0.216 e. The highest BCUT2D eigenvalue weighted by molar-refractivity contribution is 9.10. The number of rotatable bonds is 5. The zero-order chi connectivity index (χ0) is 10.4. The van der Waals surface area contributed by atoms with Crippen molar-refractivity contribution in [2.45, 2.75) is 19.3 Å². The van der Waals surface area contributed by atoms with E-state index in [0.717, 1.165) is 29.2 Å². The minimum absolute atomic E-state index is 0.579. The van der Waals surface area contributed by atoms with Crippen LogP contribution in [0.2, 0.25) is 0 Å². The van der Waals surface area contributed by atoms with Gasteiger partial charge in [0.15, 0.2) is 0 Å². The van der Waals surface area contributed by atoms with Crippen LogP contribution in [0.15, 0.2) is 16.7 Å². The number of carbonyl (C=O) groups excluding carboxylic acids is 1. The molecule has 0 bridgehead atoms. The lowest BCUT2D eigenvalue weighted by atomic mass is 10.1. The van der Waals surface area contributed by atoms with Gasteiger partial charge in [0.1, 0.15) is 6.29 Å². The third kappa shape index (κ3) is 3.10. The van der Waals surface area contributed by atoms with E-state index in [9.17, 15) is 4.79 Å². The van der Waals surface area contributed by atoms with Crippen LogP contribution >= 0.6 is 15.9 Å². The summed E-state index contributed by atoms with van der Waals surface area (Å²) in [5.74, 6) is 0.638. The molecule has 0 aliphatic carbocycles. The lowest BCUT2D eigenvalue weighted by molar-refractivity contribution is -0.107. The number of unbranched alkanes of at least 4 members (excludes halogenated alkanes) is 1. The first-order valence-electron chi connectivity index (χ1n) is 4.40. The van der Waals surface area contributed by atoms with Gasteiger partial charge in [-0.25, -0.2) is 4.98 Å². The molecule has 0 amide bonds. The summed E-state index contributed by atoms with van der Waals surface area (Å²) in [6, 6.07) is 1.97. The molecule has 76 valence electrons. The number of hydrogen-bond acceptors (Lipinski definition) is 3. The van der Waals surface area contributed by atoms with Gasteiger partial charge in [-0.3, -0.25) is 0 Å². The zero-order valence-corrected chi connectivity index (χ0v) is 9.58. The zero-order valence-electron chi connectivity index (χ0n) is 8.00. The first kappa shape index (κ1) is 11.2. The van der Waals surface area contributed by atoms with Gasteiger partial charge in [-0.2, -0.15) is 0 Å². The van der Waals surface area contributed by atoms with Gasteiger partial charge in [-0.1, -0.05) is 0 Å². The molecule has 1 aromatic heterocycles. The highest BCUT2D eigenvalue weighted by Gasteiger charge is 2.04. The number of ether oxygens (including phenoxy) is 1. The van der Waals surface area contributed by atoms with Crippen molar-refractivity contribution in [3.05, 3.63) is 22.3 Å². The molecule has 0 aliphatic heterocycles. The van der Waals surface area contributed by atoms with Crippen molar-refractivity contribution in [1.82, 2.24) is 4.98 Å². The van der Waals surface area contributed by atoms with E-state index in [1.54, 1.807) is 13.3 Å².